The molecule has 0 radical (unpaired) electrons. The molecule has 1 saturated heterocycles. The molecule has 0 aromatic rings. The highest BCUT2D eigenvalue weighted by atomic mass is 16.6. The highest BCUT2D eigenvalue weighted by molar-refractivity contribution is 6.00. The van der Waals surface area contributed by atoms with Crippen molar-refractivity contribution in [2.75, 3.05) is 70.0 Å². The first-order valence-corrected chi connectivity index (χ1v) is 33.6. The quantitative estimate of drug-likeness (QED) is 0.0664. The summed E-state index contributed by atoms with van der Waals surface area (Å²) in [6, 6.07) is -16.4. The molecular formula is C67H121N13O14. The molecule has 5 N–H and O–H groups in total. The van der Waals surface area contributed by atoms with E-state index < -0.39 is 179 Å². The Labute approximate surface area is 561 Å². The van der Waals surface area contributed by atoms with E-state index in [1.807, 2.05) is 41.5 Å². The summed E-state index contributed by atoms with van der Waals surface area (Å²) in [4.78, 5) is 186. The molecule has 1 aliphatic heterocycles. The monoisotopic (exact) mass is 1330 g/mol. The zero-order valence-electron chi connectivity index (χ0n) is 61.6. The molecule has 1 fully saturated rings. The van der Waals surface area contributed by atoms with Crippen LogP contribution in [0.4, 0.5) is 0 Å². The first-order valence-electron chi connectivity index (χ1n) is 33.6. The van der Waals surface area contributed by atoms with Gasteiger partial charge in [0.25, 0.3) is 0 Å². The average Bonchev–Trinajstić information content (AvgIpc) is 0.813. The zero-order valence-corrected chi connectivity index (χ0v) is 61.6. The predicted molar refractivity (Wildman–Crippen MR) is 361 cm³/mol. The molecule has 0 spiro atoms. The van der Waals surface area contributed by atoms with Gasteiger partial charge in [-0.2, -0.15) is 0 Å². The molecule has 2 unspecified atom stereocenters. The van der Waals surface area contributed by atoms with Gasteiger partial charge in [-0.15, -0.1) is 0 Å². The maximum atomic E-state index is 15.4. The molecule has 0 aromatic heterocycles. The van der Waals surface area contributed by atoms with E-state index in [9.17, 15) is 39.2 Å². The van der Waals surface area contributed by atoms with Gasteiger partial charge in [0.05, 0.1) is 12.6 Å². The fourth-order valence-electron chi connectivity index (χ4n) is 12.1. The van der Waals surface area contributed by atoms with E-state index in [-0.39, 0.29) is 56.4 Å². The third-order valence-corrected chi connectivity index (χ3v) is 18.2. The van der Waals surface area contributed by atoms with Gasteiger partial charge in [-0.1, -0.05) is 116 Å². The molecule has 538 valence electrons. The highest BCUT2D eigenvalue weighted by Crippen LogP contribution is 2.27. The van der Waals surface area contributed by atoms with E-state index >= 15 is 28.8 Å². The van der Waals surface area contributed by atoms with Crippen LogP contribution >= 0.6 is 0 Å². The molecule has 0 aliphatic carbocycles. The summed E-state index contributed by atoms with van der Waals surface area (Å²) in [6.45, 7) is 29.0. The Bertz CT molecular complexity index is 2620. The number of amides is 11. The number of allylic oxidation sites excluding steroid dienone is 2. The van der Waals surface area contributed by atoms with E-state index in [1.54, 1.807) is 93.5 Å². The predicted octanol–water partition coefficient (Wildman–Crippen LogP) is 3.23. The second-order valence-electron chi connectivity index (χ2n) is 28.4. The van der Waals surface area contributed by atoms with Crippen molar-refractivity contribution in [1.29, 1.82) is 0 Å². The number of carbonyl (C=O) groups is 11. The van der Waals surface area contributed by atoms with Crippen LogP contribution in [-0.4, -0.2) is 263 Å². The summed E-state index contributed by atoms with van der Waals surface area (Å²) in [5.74, 6) is -11.6. The van der Waals surface area contributed by atoms with E-state index in [1.165, 1.54) is 82.8 Å². The van der Waals surface area contributed by atoms with Crippen LogP contribution < -0.4 is 21.3 Å². The molecule has 1 heterocycles. The molecule has 0 bridgehead atoms. The fourth-order valence-corrected chi connectivity index (χ4v) is 12.1. The molecule has 1 aliphatic rings. The van der Waals surface area contributed by atoms with Gasteiger partial charge in [0.1, 0.15) is 66.5 Å². The van der Waals surface area contributed by atoms with Crippen LogP contribution in [0.2, 0.25) is 0 Å². The molecule has 27 nitrogen and oxygen atoms in total. The van der Waals surface area contributed by atoms with Crippen molar-refractivity contribution in [1.82, 2.24) is 60.5 Å². The van der Waals surface area contributed by atoms with Gasteiger partial charge in [-0.3, -0.25) is 62.9 Å². The Balaban J connectivity index is 4.64. The van der Waals surface area contributed by atoms with Crippen molar-refractivity contribution in [3.05, 3.63) is 22.3 Å². The van der Waals surface area contributed by atoms with Crippen molar-refractivity contribution in [3.63, 3.8) is 0 Å². The van der Waals surface area contributed by atoms with Gasteiger partial charge in [0.15, 0.2) is 0 Å². The number of hydrogen-bond acceptors (Lipinski definition) is 15. The number of nitro groups is 1. The third kappa shape index (κ3) is 23.3. The minimum absolute atomic E-state index is 0.105. The Morgan fingerprint density at radius 2 is 0.915 bits per heavy atom. The molecule has 11 amide bonds. The average molecular weight is 1330 g/mol. The van der Waals surface area contributed by atoms with Crippen molar-refractivity contribution < 1.29 is 62.8 Å². The van der Waals surface area contributed by atoms with Crippen LogP contribution in [0.3, 0.4) is 0 Å². The second kappa shape index (κ2) is 38.7. The largest absolute Gasteiger partial charge is 0.390 e. The summed E-state index contributed by atoms with van der Waals surface area (Å²) in [5, 5.41) is 36.1. The Kier molecular flexibility index (Phi) is 35.1. The fraction of sp³-hybridized carbons (Fsp3) is 0.806. The summed E-state index contributed by atoms with van der Waals surface area (Å²) in [5.41, 5.74) is 0. The lowest BCUT2D eigenvalue weighted by Gasteiger charge is -2.41. The standard InChI is InChI=1S/C67H121N13O14/c1-27-30-31-43(15)56(81)55-60(85)70-47(29-3)62(87)75(22)51(35-46(80(93)94)36-72(18)19)65(90)78(25)54(42(14)28-2)59(84)71-52(40(10)11)66(91)73(20)48(32-37(4)5)58(83)68-44(16)57(82)69-45(17)61(86)74(21)49(33-38(6)7)63(88)76(23)50(34-39(8)9)64(89)77(24)53(41(12)13)67(92)79(55)26/h27,30,37-56,81H,28-29,31-36H2,1-26H3,(H,68,83)(H,69,82)(H,70,85)(H,71,84)/b30-27+/t42?,43-,44+,45-,46?,47+,48+,49+,50+,51-,52+,53+,54+,55+,56-/m1/s1. The third-order valence-electron chi connectivity index (χ3n) is 18.2. The van der Waals surface area contributed by atoms with Crippen LogP contribution in [0.1, 0.15) is 163 Å². The van der Waals surface area contributed by atoms with E-state index in [2.05, 4.69) is 21.3 Å². The first-order chi connectivity index (χ1) is 43.4. The van der Waals surface area contributed by atoms with E-state index in [0.717, 1.165) is 14.7 Å². The van der Waals surface area contributed by atoms with Gasteiger partial charge in [-0.25, -0.2) is 0 Å². The maximum Gasteiger partial charge on any atom is 0.246 e. The lowest BCUT2D eigenvalue weighted by atomic mass is 9.91. The van der Waals surface area contributed by atoms with Crippen molar-refractivity contribution in [2.24, 2.45) is 41.4 Å². The van der Waals surface area contributed by atoms with Crippen molar-refractivity contribution >= 4 is 65.0 Å². The Hall–Kier alpha value is -6.77. The number of aliphatic hydroxyl groups is 1. The van der Waals surface area contributed by atoms with Gasteiger partial charge < -0.3 is 65.6 Å². The molecule has 1 rings (SSSR count). The van der Waals surface area contributed by atoms with Crippen LogP contribution in [0.5, 0.6) is 0 Å². The van der Waals surface area contributed by atoms with Gasteiger partial charge in [0, 0.05) is 60.7 Å². The Morgan fingerprint density at radius 1 is 0.500 bits per heavy atom. The summed E-state index contributed by atoms with van der Waals surface area (Å²) in [7, 11) is 12.8. The van der Waals surface area contributed by atoms with Gasteiger partial charge in [0.2, 0.25) is 71.0 Å². The SMILES string of the molecule is C/C=C/C[C@@H](C)[C@@H](O)[C@H]1C(=O)N[C@@H](CC)C(=O)N(C)[C@H](CC(CN(C)C)[N+](=O)[O-])C(=O)N(C)[C@@H](C(C)CC)C(=O)N[C@@H](C(C)C)C(=O)N(C)[C@@H](CC(C)C)C(=O)N[C@@H](C)C(=O)N[C@H](C)C(=O)N(C)[C@@H](CC(C)C)C(=O)N(C)[C@@H](CC(C)C)C(=O)N(C)[C@@H](C(C)C)C(=O)N1C. The molecular weight excluding hydrogens is 1210 g/mol. The summed E-state index contributed by atoms with van der Waals surface area (Å²) >= 11 is 0. The van der Waals surface area contributed by atoms with Crippen LogP contribution in [0.15, 0.2) is 12.2 Å². The molecule has 0 saturated carbocycles. The number of rotatable bonds is 20. The second-order valence-corrected chi connectivity index (χ2v) is 28.4. The van der Waals surface area contributed by atoms with E-state index in [4.69, 9.17) is 0 Å². The van der Waals surface area contributed by atoms with Gasteiger partial charge in [-0.05, 0) is 108 Å². The minimum Gasteiger partial charge on any atom is -0.390 e. The lowest BCUT2D eigenvalue weighted by molar-refractivity contribution is -0.524. The number of likely N-dealkylation sites (N-methyl/N-ethyl adjacent to an activating group) is 8. The first kappa shape index (κ1) is 85.2. The lowest BCUT2D eigenvalue weighted by Crippen LogP contribution is -2.64. The molecule has 27 heteroatoms. The normalized spacial score (nSPS) is 26.9. The molecule has 94 heavy (non-hydrogen) atoms. The number of nitrogens with one attached hydrogen (secondary N) is 4. The number of hydrogen-bond donors (Lipinski definition) is 5. The van der Waals surface area contributed by atoms with Crippen molar-refractivity contribution in [3.8, 4) is 0 Å². The van der Waals surface area contributed by atoms with Gasteiger partial charge >= 0.3 is 0 Å². The number of aliphatic hydroxyl groups excluding tert-OH is 1. The maximum absolute atomic E-state index is 15.4. The van der Waals surface area contributed by atoms with Crippen LogP contribution in [0.25, 0.3) is 0 Å². The minimum atomic E-state index is -1.73. The summed E-state index contributed by atoms with van der Waals surface area (Å²) in [6.07, 6.45) is 2.13. The zero-order chi connectivity index (χ0) is 73.0. The van der Waals surface area contributed by atoms with Crippen LogP contribution in [-0.2, 0) is 52.7 Å². The smallest absolute Gasteiger partial charge is 0.246 e. The van der Waals surface area contributed by atoms with E-state index in [0.29, 0.717) is 6.42 Å². The Morgan fingerprint density at radius 3 is 1.35 bits per heavy atom. The van der Waals surface area contributed by atoms with Crippen LogP contribution in [0, 0.1) is 51.5 Å². The highest BCUT2D eigenvalue weighted by Gasteiger charge is 2.47. The van der Waals surface area contributed by atoms with Crippen molar-refractivity contribution in [2.45, 2.75) is 241 Å². The summed E-state index contributed by atoms with van der Waals surface area (Å²) < 4.78 is 0. The number of nitrogens with zero attached hydrogens (tertiary/aromatic N) is 9. The number of carbonyl (C=O) groups excluding carboxylic acids is 11. The molecule has 0 aromatic carbocycles. The topological polar surface area (TPSA) is 325 Å². The molecule has 15 atom stereocenters.